The second-order valence-electron chi connectivity index (χ2n) is 5.08. The molecule has 0 heterocycles. The molecule has 0 unspecified atom stereocenters. The van der Waals surface area contributed by atoms with Gasteiger partial charge in [-0.25, -0.2) is 0 Å². The summed E-state index contributed by atoms with van der Waals surface area (Å²) in [6, 6.07) is 10.9. The molecule has 0 aromatic heterocycles. The molecule has 100 valence electrons. The van der Waals surface area contributed by atoms with Crippen molar-refractivity contribution in [2.24, 2.45) is 0 Å². The normalized spacial score (nSPS) is 17.0. The van der Waals surface area contributed by atoms with Gasteiger partial charge in [0, 0.05) is 12.6 Å². The van der Waals surface area contributed by atoms with Crippen LogP contribution in [0.5, 0.6) is 5.75 Å². The molecule has 0 amide bonds. The molecule has 1 aromatic carbocycles. The summed E-state index contributed by atoms with van der Waals surface area (Å²) in [5.74, 6) is 0.984. The van der Waals surface area contributed by atoms with E-state index in [4.69, 9.17) is 4.74 Å². The zero-order valence-corrected chi connectivity index (χ0v) is 11.5. The number of para-hydroxylation sites is 1. The topological polar surface area (TPSA) is 12.5 Å². The quantitative estimate of drug-likeness (QED) is 0.759. The summed E-state index contributed by atoms with van der Waals surface area (Å²) in [5.41, 5.74) is 0. The molecule has 0 radical (unpaired) electrons. The molecule has 0 aliphatic heterocycles. The van der Waals surface area contributed by atoms with Crippen LogP contribution in [0.2, 0.25) is 0 Å². The van der Waals surface area contributed by atoms with Crippen molar-refractivity contribution in [1.29, 1.82) is 0 Å². The van der Waals surface area contributed by atoms with Gasteiger partial charge in [-0.1, -0.05) is 44.4 Å². The van der Waals surface area contributed by atoms with Gasteiger partial charge in [0.05, 0.1) is 0 Å². The van der Waals surface area contributed by atoms with E-state index in [1.165, 1.54) is 32.1 Å². The fourth-order valence-electron chi connectivity index (χ4n) is 2.84. The first-order valence-electron chi connectivity index (χ1n) is 7.32. The Morgan fingerprint density at radius 3 is 2.50 bits per heavy atom. The molecule has 0 atom stereocenters. The largest absolute Gasteiger partial charge is 0.492 e. The van der Waals surface area contributed by atoms with Gasteiger partial charge in [-0.3, -0.25) is 4.90 Å². The van der Waals surface area contributed by atoms with E-state index in [1.54, 1.807) is 0 Å². The molecule has 0 bridgehead atoms. The number of benzene rings is 1. The molecular weight excluding hydrogens is 222 g/mol. The molecule has 0 spiro atoms. The molecule has 2 heteroatoms. The molecule has 1 aromatic rings. The van der Waals surface area contributed by atoms with Gasteiger partial charge in [-0.15, -0.1) is 0 Å². The van der Waals surface area contributed by atoms with Crippen LogP contribution in [0.4, 0.5) is 0 Å². The summed E-state index contributed by atoms with van der Waals surface area (Å²) in [5, 5.41) is 0. The average molecular weight is 247 g/mol. The molecule has 2 nitrogen and oxygen atoms in total. The minimum atomic E-state index is 0.795. The van der Waals surface area contributed by atoms with E-state index in [9.17, 15) is 0 Å². The first-order valence-corrected chi connectivity index (χ1v) is 7.32. The van der Waals surface area contributed by atoms with Crippen molar-refractivity contribution in [1.82, 2.24) is 4.90 Å². The predicted octanol–water partition coefficient (Wildman–Crippen LogP) is 3.72. The first kappa shape index (κ1) is 13.4. The number of likely N-dealkylation sites (N-methyl/N-ethyl adjacent to an activating group) is 1. The zero-order valence-electron chi connectivity index (χ0n) is 11.5. The van der Waals surface area contributed by atoms with Crippen LogP contribution in [0.15, 0.2) is 30.3 Å². The van der Waals surface area contributed by atoms with E-state index in [-0.39, 0.29) is 0 Å². The average Bonchev–Trinajstić information content (AvgIpc) is 2.46. The Bertz CT molecular complexity index is 319. The van der Waals surface area contributed by atoms with Gasteiger partial charge < -0.3 is 4.74 Å². The van der Waals surface area contributed by atoms with Crippen molar-refractivity contribution in [3.05, 3.63) is 30.3 Å². The Balaban J connectivity index is 1.73. The van der Waals surface area contributed by atoms with Gasteiger partial charge in [0.25, 0.3) is 0 Å². The first-order chi connectivity index (χ1) is 8.90. The summed E-state index contributed by atoms with van der Waals surface area (Å²) in [4.78, 5) is 2.59. The molecule has 2 rings (SSSR count). The third kappa shape index (κ3) is 4.02. The van der Waals surface area contributed by atoms with Crippen LogP contribution >= 0.6 is 0 Å². The lowest BCUT2D eigenvalue weighted by Gasteiger charge is -2.33. The van der Waals surface area contributed by atoms with E-state index >= 15 is 0 Å². The van der Waals surface area contributed by atoms with E-state index < -0.39 is 0 Å². The van der Waals surface area contributed by atoms with Crippen LogP contribution in [0.25, 0.3) is 0 Å². The van der Waals surface area contributed by atoms with Gasteiger partial charge >= 0.3 is 0 Å². The van der Waals surface area contributed by atoms with Crippen LogP contribution in [-0.4, -0.2) is 30.6 Å². The van der Waals surface area contributed by atoms with Gasteiger partial charge in [-0.05, 0) is 31.5 Å². The van der Waals surface area contributed by atoms with E-state index in [0.717, 1.165) is 31.5 Å². The number of hydrogen-bond acceptors (Lipinski definition) is 2. The Morgan fingerprint density at radius 1 is 1.11 bits per heavy atom. The van der Waals surface area contributed by atoms with Crippen LogP contribution in [0, 0.1) is 0 Å². The molecule has 1 fully saturated rings. The second-order valence-corrected chi connectivity index (χ2v) is 5.08. The van der Waals surface area contributed by atoms with Gasteiger partial charge in [0.2, 0.25) is 0 Å². The molecule has 1 saturated carbocycles. The highest BCUT2D eigenvalue weighted by atomic mass is 16.5. The molecular formula is C16H25NO. The lowest BCUT2D eigenvalue weighted by molar-refractivity contribution is 0.137. The fourth-order valence-corrected chi connectivity index (χ4v) is 2.84. The third-order valence-electron chi connectivity index (χ3n) is 3.89. The van der Waals surface area contributed by atoms with Gasteiger partial charge in [0.15, 0.2) is 0 Å². The molecule has 18 heavy (non-hydrogen) atoms. The summed E-state index contributed by atoms with van der Waals surface area (Å²) in [6.45, 7) is 5.25. The van der Waals surface area contributed by atoms with Crippen molar-refractivity contribution in [3.8, 4) is 5.75 Å². The van der Waals surface area contributed by atoms with E-state index in [0.29, 0.717) is 0 Å². The van der Waals surface area contributed by atoms with Crippen molar-refractivity contribution < 1.29 is 4.74 Å². The maximum atomic E-state index is 5.79. The minimum absolute atomic E-state index is 0.795. The number of ether oxygens (including phenoxy) is 1. The highest BCUT2D eigenvalue weighted by Gasteiger charge is 2.19. The second kappa shape index (κ2) is 7.42. The summed E-state index contributed by atoms with van der Waals surface area (Å²) >= 11 is 0. The Labute approximate surface area is 111 Å². The van der Waals surface area contributed by atoms with Crippen molar-refractivity contribution in [2.75, 3.05) is 19.7 Å². The van der Waals surface area contributed by atoms with E-state index in [2.05, 4.69) is 11.8 Å². The minimum Gasteiger partial charge on any atom is -0.492 e. The Hall–Kier alpha value is -1.02. The number of rotatable bonds is 6. The number of nitrogens with zero attached hydrogens (tertiary/aromatic N) is 1. The highest BCUT2D eigenvalue weighted by molar-refractivity contribution is 5.20. The number of hydrogen-bond donors (Lipinski definition) is 0. The van der Waals surface area contributed by atoms with Crippen molar-refractivity contribution in [3.63, 3.8) is 0 Å². The maximum Gasteiger partial charge on any atom is 0.119 e. The van der Waals surface area contributed by atoms with Crippen LogP contribution in [0.3, 0.4) is 0 Å². The Morgan fingerprint density at radius 2 is 1.83 bits per heavy atom. The maximum absolute atomic E-state index is 5.79. The summed E-state index contributed by atoms with van der Waals surface area (Å²) in [7, 11) is 0. The van der Waals surface area contributed by atoms with Gasteiger partial charge in [0.1, 0.15) is 12.4 Å². The van der Waals surface area contributed by atoms with Crippen molar-refractivity contribution in [2.45, 2.75) is 45.1 Å². The van der Waals surface area contributed by atoms with Crippen LogP contribution in [-0.2, 0) is 0 Å². The fraction of sp³-hybridized carbons (Fsp3) is 0.625. The molecule has 1 aliphatic carbocycles. The predicted molar refractivity (Wildman–Crippen MR) is 76.1 cm³/mol. The monoisotopic (exact) mass is 247 g/mol. The molecule has 0 N–H and O–H groups in total. The highest BCUT2D eigenvalue weighted by Crippen LogP contribution is 2.22. The SMILES string of the molecule is CCN(CCOc1ccccc1)C1CCCCC1. The lowest BCUT2D eigenvalue weighted by atomic mass is 9.94. The lowest BCUT2D eigenvalue weighted by Crippen LogP contribution is -2.39. The third-order valence-corrected chi connectivity index (χ3v) is 3.89. The zero-order chi connectivity index (χ0) is 12.6. The summed E-state index contributed by atoms with van der Waals surface area (Å²) < 4.78 is 5.79. The molecule has 1 aliphatic rings. The standard InChI is InChI=1S/C16H25NO/c1-2-17(15-9-5-3-6-10-15)13-14-18-16-11-7-4-8-12-16/h4,7-8,11-12,15H,2-3,5-6,9-10,13-14H2,1H3. The molecule has 0 saturated heterocycles. The summed E-state index contributed by atoms with van der Waals surface area (Å²) in [6.07, 6.45) is 6.98. The Kier molecular flexibility index (Phi) is 5.53. The van der Waals surface area contributed by atoms with Crippen molar-refractivity contribution >= 4 is 0 Å². The van der Waals surface area contributed by atoms with Gasteiger partial charge in [-0.2, -0.15) is 0 Å². The van der Waals surface area contributed by atoms with Crippen LogP contribution < -0.4 is 4.74 Å². The van der Waals surface area contributed by atoms with E-state index in [1.807, 2.05) is 30.3 Å². The smallest absolute Gasteiger partial charge is 0.119 e. The van der Waals surface area contributed by atoms with Crippen LogP contribution in [0.1, 0.15) is 39.0 Å².